The number of rotatable bonds is 4. The Balaban J connectivity index is 1.66. The fourth-order valence-electron chi connectivity index (χ4n) is 3.16. The van der Waals surface area contributed by atoms with Crippen LogP contribution in [0.4, 0.5) is 0 Å². The predicted octanol–water partition coefficient (Wildman–Crippen LogP) is 4.29. The summed E-state index contributed by atoms with van der Waals surface area (Å²) in [4.78, 5) is 0. The number of fused-ring (bicyclic) bond motifs is 1. The second kappa shape index (κ2) is 6.77. The SMILES string of the molecule is C[C@@H](NCc1cccc(C#N)c1)c1ccc2c(c1)CCCC2. The van der Waals surface area contributed by atoms with Gasteiger partial charge in [-0.2, -0.15) is 5.26 Å². The highest BCUT2D eigenvalue weighted by Gasteiger charge is 2.12. The summed E-state index contributed by atoms with van der Waals surface area (Å²) in [7, 11) is 0. The Bertz CT molecular complexity index is 697. The molecule has 2 nitrogen and oxygen atoms in total. The Labute approximate surface area is 132 Å². The summed E-state index contributed by atoms with van der Waals surface area (Å²) in [5.41, 5.74) is 6.30. The molecule has 0 unspecified atom stereocenters. The highest BCUT2D eigenvalue weighted by molar-refractivity contribution is 5.35. The summed E-state index contributed by atoms with van der Waals surface area (Å²) in [6.07, 6.45) is 5.10. The first-order valence-corrected chi connectivity index (χ1v) is 8.10. The summed E-state index contributed by atoms with van der Waals surface area (Å²) < 4.78 is 0. The molecule has 0 amide bonds. The van der Waals surface area contributed by atoms with Crippen LogP contribution in [0.15, 0.2) is 42.5 Å². The smallest absolute Gasteiger partial charge is 0.0991 e. The van der Waals surface area contributed by atoms with Crippen LogP contribution in [0.3, 0.4) is 0 Å². The molecule has 0 aromatic heterocycles. The number of hydrogen-bond donors (Lipinski definition) is 1. The number of benzene rings is 2. The van der Waals surface area contributed by atoms with Crippen LogP contribution in [-0.2, 0) is 19.4 Å². The van der Waals surface area contributed by atoms with Gasteiger partial charge in [-0.15, -0.1) is 0 Å². The summed E-state index contributed by atoms with van der Waals surface area (Å²) in [5.74, 6) is 0. The molecular weight excluding hydrogens is 268 g/mol. The van der Waals surface area contributed by atoms with Crippen LogP contribution in [-0.4, -0.2) is 0 Å². The third-order valence-corrected chi connectivity index (χ3v) is 4.54. The van der Waals surface area contributed by atoms with Crippen molar-refractivity contribution in [2.45, 2.75) is 45.2 Å². The fraction of sp³-hybridized carbons (Fsp3) is 0.350. The lowest BCUT2D eigenvalue weighted by Gasteiger charge is -2.20. The van der Waals surface area contributed by atoms with Crippen molar-refractivity contribution >= 4 is 0 Å². The number of nitrogens with one attached hydrogen (secondary N) is 1. The minimum absolute atomic E-state index is 0.318. The van der Waals surface area contributed by atoms with Crippen molar-refractivity contribution in [3.8, 4) is 6.07 Å². The van der Waals surface area contributed by atoms with Crippen molar-refractivity contribution < 1.29 is 0 Å². The van der Waals surface area contributed by atoms with Crippen LogP contribution < -0.4 is 5.32 Å². The van der Waals surface area contributed by atoms with Crippen LogP contribution >= 0.6 is 0 Å². The topological polar surface area (TPSA) is 35.8 Å². The molecule has 2 heteroatoms. The average molecular weight is 290 g/mol. The van der Waals surface area contributed by atoms with Gasteiger partial charge in [0.05, 0.1) is 11.6 Å². The molecule has 3 rings (SSSR count). The van der Waals surface area contributed by atoms with E-state index >= 15 is 0 Å². The van der Waals surface area contributed by atoms with Gasteiger partial charge in [0.1, 0.15) is 0 Å². The molecule has 2 aromatic rings. The Morgan fingerprint density at radius 1 is 1.09 bits per heavy atom. The summed E-state index contributed by atoms with van der Waals surface area (Å²) >= 11 is 0. The second-order valence-corrected chi connectivity index (χ2v) is 6.15. The van der Waals surface area contributed by atoms with Crippen molar-refractivity contribution in [1.82, 2.24) is 5.32 Å². The highest BCUT2D eigenvalue weighted by Crippen LogP contribution is 2.24. The summed E-state index contributed by atoms with van der Waals surface area (Å²) in [5, 5.41) is 12.5. The van der Waals surface area contributed by atoms with Crippen molar-refractivity contribution in [3.63, 3.8) is 0 Å². The van der Waals surface area contributed by atoms with E-state index in [1.165, 1.54) is 42.4 Å². The summed E-state index contributed by atoms with van der Waals surface area (Å²) in [6.45, 7) is 2.99. The van der Waals surface area contributed by atoms with E-state index in [1.54, 1.807) is 0 Å². The van der Waals surface area contributed by atoms with Gasteiger partial charge < -0.3 is 5.32 Å². The molecular formula is C20H22N2. The second-order valence-electron chi connectivity index (χ2n) is 6.15. The first-order valence-electron chi connectivity index (χ1n) is 8.10. The Kier molecular flexibility index (Phi) is 4.56. The van der Waals surface area contributed by atoms with Gasteiger partial charge in [0.15, 0.2) is 0 Å². The largest absolute Gasteiger partial charge is 0.306 e. The van der Waals surface area contributed by atoms with Gasteiger partial charge in [-0.05, 0) is 67.0 Å². The van der Waals surface area contributed by atoms with Gasteiger partial charge in [-0.1, -0.05) is 30.3 Å². The molecule has 112 valence electrons. The van der Waals surface area contributed by atoms with Gasteiger partial charge >= 0.3 is 0 Å². The first kappa shape index (κ1) is 14.8. The van der Waals surface area contributed by atoms with Crippen molar-refractivity contribution in [2.24, 2.45) is 0 Å². The predicted molar refractivity (Wildman–Crippen MR) is 89.5 cm³/mol. The average Bonchev–Trinajstić information content (AvgIpc) is 2.59. The third-order valence-electron chi connectivity index (χ3n) is 4.54. The van der Waals surface area contributed by atoms with E-state index in [0.717, 1.165) is 17.7 Å². The van der Waals surface area contributed by atoms with E-state index < -0.39 is 0 Å². The molecule has 1 aliphatic rings. The molecule has 0 fully saturated rings. The molecule has 2 aromatic carbocycles. The standard InChI is InChI=1S/C20H22N2/c1-15(22-14-17-6-4-5-16(11-17)13-21)19-10-9-18-7-2-3-8-20(18)12-19/h4-6,9-12,15,22H,2-3,7-8,14H2,1H3/t15-/m1/s1. The third kappa shape index (κ3) is 3.37. The van der Waals surface area contributed by atoms with Crippen molar-refractivity contribution in [3.05, 3.63) is 70.3 Å². The van der Waals surface area contributed by atoms with Crippen molar-refractivity contribution in [1.29, 1.82) is 5.26 Å². The molecule has 1 N–H and O–H groups in total. The Hall–Kier alpha value is -2.11. The minimum Gasteiger partial charge on any atom is -0.306 e. The molecule has 0 heterocycles. The van der Waals surface area contributed by atoms with Gasteiger partial charge in [0, 0.05) is 12.6 Å². The monoisotopic (exact) mass is 290 g/mol. The van der Waals surface area contributed by atoms with E-state index in [0.29, 0.717) is 6.04 Å². The van der Waals surface area contributed by atoms with E-state index in [4.69, 9.17) is 5.26 Å². The maximum absolute atomic E-state index is 8.96. The normalized spacial score (nSPS) is 14.9. The van der Waals surface area contributed by atoms with Crippen LogP contribution in [0.25, 0.3) is 0 Å². The zero-order valence-electron chi connectivity index (χ0n) is 13.1. The maximum atomic E-state index is 8.96. The first-order chi connectivity index (χ1) is 10.8. The van der Waals surface area contributed by atoms with Crippen LogP contribution in [0.1, 0.15) is 53.6 Å². The zero-order chi connectivity index (χ0) is 15.4. The van der Waals surface area contributed by atoms with E-state index in [1.807, 2.05) is 18.2 Å². The van der Waals surface area contributed by atoms with E-state index in [2.05, 4.69) is 42.6 Å². The molecule has 0 spiro atoms. The Morgan fingerprint density at radius 3 is 2.73 bits per heavy atom. The van der Waals surface area contributed by atoms with Crippen LogP contribution in [0.5, 0.6) is 0 Å². The highest BCUT2D eigenvalue weighted by atomic mass is 14.9. The van der Waals surface area contributed by atoms with E-state index in [-0.39, 0.29) is 0 Å². The van der Waals surface area contributed by atoms with Gasteiger partial charge in [0.2, 0.25) is 0 Å². The molecule has 0 bridgehead atoms. The molecule has 0 aliphatic heterocycles. The number of nitriles is 1. The zero-order valence-corrected chi connectivity index (χ0v) is 13.1. The molecule has 0 saturated carbocycles. The molecule has 0 radical (unpaired) electrons. The summed E-state index contributed by atoms with van der Waals surface area (Å²) in [6, 6.07) is 17.2. The van der Waals surface area contributed by atoms with Gasteiger partial charge in [-0.3, -0.25) is 0 Å². The van der Waals surface area contributed by atoms with Crippen LogP contribution in [0, 0.1) is 11.3 Å². The lowest BCUT2D eigenvalue weighted by Crippen LogP contribution is -2.18. The molecule has 1 aliphatic carbocycles. The maximum Gasteiger partial charge on any atom is 0.0991 e. The van der Waals surface area contributed by atoms with Gasteiger partial charge in [0.25, 0.3) is 0 Å². The molecule has 22 heavy (non-hydrogen) atoms. The number of nitrogens with zero attached hydrogens (tertiary/aromatic N) is 1. The number of aryl methyl sites for hydroxylation is 2. The minimum atomic E-state index is 0.318. The van der Waals surface area contributed by atoms with Gasteiger partial charge in [-0.25, -0.2) is 0 Å². The van der Waals surface area contributed by atoms with Crippen molar-refractivity contribution in [2.75, 3.05) is 0 Å². The molecule has 1 atom stereocenters. The Morgan fingerprint density at radius 2 is 1.91 bits per heavy atom. The van der Waals surface area contributed by atoms with Crippen LogP contribution in [0.2, 0.25) is 0 Å². The number of hydrogen-bond acceptors (Lipinski definition) is 2. The molecule has 0 saturated heterocycles. The van der Waals surface area contributed by atoms with E-state index in [9.17, 15) is 0 Å². The quantitative estimate of drug-likeness (QED) is 0.912. The fourth-order valence-corrected chi connectivity index (χ4v) is 3.16. The lowest BCUT2D eigenvalue weighted by molar-refractivity contribution is 0.572. The lowest BCUT2D eigenvalue weighted by atomic mass is 9.89.